The van der Waals surface area contributed by atoms with Crippen molar-refractivity contribution >= 4 is 22.4 Å². The Morgan fingerprint density at radius 2 is 1.86 bits per heavy atom. The Morgan fingerprint density at radius 3 is 2.55 bits per heavy atom. The zero-order valence-electron chi connectivity index (χ0n) is 16.7. The van der Waals surface area contributed by atoms with Crippen LogP contribution in [0, 0.1) is 11.2 Å². The lowest BCUT2D eigenvalue weighted by Gasteiger charge is -2.40. The van der Waals surface area contributed by atoms with Crippen LogP contribution < -0.4 is 11.1 Å². The Hall–Kier alpha value is -2.73. The predicted molar refractivity (Wildman–Crippen MR) is 115 cm³/mol. The average molecular weight is 391 g/mol. The summed E-state index contributed by atoms with van der Waals surface area (Å²) in [6.07, 6.45) is 8.43. The van der Waals surface area contributed by atoms with Crippen LogP contribution in [-0.4, -0.2) is 27.6 Å². The number of hydrogen-bond donors (Lipinski definition) is 2. The van der Waals surface area contributed by atoms with Gasteiger partial charge in [0.15, 0.2) is 5.82 Å². The molecule has 1 aliphatic heterocycles. The summed E-state index contributed by atoms with van der Waals surface area (Å²) in [7, 11) is 2.04. The first-order chi connectivity index (χ1) is 14.0. The van der Waals surface area contributed by atoms with Crippen LogP contribution in [0.3, 0.4) is 0 Å². The van der Waals surface area contributed by atoms with Crippen LogP contribution in [0.25, 0.3) is 28.0 Å². The highest BCUT2D eigenvalue weighted by Gasteiger charge is 2.34. The molecule has 1 aromatic carbocycles. The van der Waals surface area contributed by atoms with E-state index in [4.69, 9.17) is 10.7 Å². The summed E-state index contributed by atoms with van der Waals surface area (Å²) in [5, 5.41) is 4.35. The highest BCUT2D eigenvalue weighted by molar-refractivity contribution is 5.91. The van der Waals surface area contributed by atoms with Gasteiger partial charge in [-0.25, -0.2) is 14.4 Å². The molecule has 0 amide bonds. The molecule has 3 aromatic rings. The van der Waals surface area contributed by atoms with Gasteiger partial charge >= 0.3 is 0 Å². The minimum atomic E-state index is -0.278. The highest BCUT2D eigenvalue weighted by Crippen LogP contribution is 2.45. The summed E-state index contributed by atoms with van der Waals surface area (Å²) >= 11 is 0. The fourth-order valence-electron chi connectivity index (χ4n) is 4.84. The van der Waals surface area contributed by atoms with Crippen molar-refractivity contribution in [3.63, 3.8) is 0 Å². The van der Waals surface area contributed by atoms with Gasteiger partial charge in [0.25, 0.3) is 0 Å². The molecular weight excluding hydrogens is 365 g/mol. The minimum Gasteiger partial charge on any atom is -0.383 e. The summed E-state index contributed by atoms with van der Waals surface area (Å²) in [5.41, 5.74) is 10.9. The second-order valence-electron chi connectivity index (χ2n) is 8.45. The zero-order chi connectivity index (χ0) is 20.0. The number of piperidine rings is 1. The van der Waals surface area contributed by atoms with Crippen LogP contribution in [0.15, 0.2) is 36.4 Å². The summed E-state index contributed by atoms with van der Waals surface area (Å²) in [6.45, 7) is 2.27. The van der Waals surface area contributed by atoms with E-state index in [1.807, 2.05) is 7.05 Å². The van der Waals surface area contributed by atoms with Crippen LogP contribution in [0.4, 0.5) is 10.2 Å². The topological polar surface area (TPSA) is 68.8 Å². The third-order valence-corrected chi connectivity index (χ3v) is 6.72. The number of rotatable bonds is 2. The van der Waals surface area contributed by atoms with Crippen molar-refractivity contribution in [2.24, 2.45) is 12.5 Å². The number of aromatic nitrogens is 3. The number of nitrogens with zero attached hydrogens (tertiary/aromatic N) is 3. The van der Waals surface area contributed by atoms with Gasteiger partial charge in [-0.1, -0.05) is 6.08 Å². The van der Waals surface area contributed by atoms with Gasteiger partial charge in [-0.3, -0.25) is 0 Å². The molecule has 0 radical (unpaired) electrons. The molecule has 2 aliphatic rings. The molecule has 2 aromatic heterocycles. The van der Waals surface area contributed by atoms with Gasteiger partial charge in [-0.15, -0.1) is 0 Å². The Balaban J connectivity index is 1.52. The van der Waals surface area contributed by atoms with Crippen molar-refractivity contribution in [1.29, 1.82) is 0 Å². The molecular formula is C23H26FN5. The van der Waals surface area contributed by atoms with E-state index in [0.29, 0.717) is 17.1 Å². The number of allylic oxidation sites excluding steroid dienone is 2. The van der Waals surface area contributed by atoms with Crippen molar-refractivity contribution in [3.8, 4) is 11.4 Å². The third kappa shape index (κ3) is 3.21. The third-order valence-electron chi connectivity index (χ3n) is 6.72. The smallest absolute Gasteiger partial charge is 0.163 e. The number of nitrogen functional groups attached to an aromatic ring is 1. The van der Waals surface area contributed by atoms with E-state index in [1.54, 1.807) is 12.1 Å². The normalized spacial score (nSPS) is 18.9. The SMILES string of the molecule is Cn1c(C2=CCC3(CCNCC3)CC2)cc2c(N)nc(-c3ccc(F)cc3)nc21. The number of hydrogen-bond acceptors (Lipinski definition) is 4. The fourth-order valence-corrected chi connectivity index (χ4v) is 4.84. The summed E-state index contributed by atoms with van der Waals surface area (Å²) in [5.74, 6) is 0.705. The number of benzene rings is 1. The van der Waals surface area contributed by atoms with Crippen molar-refractivity contribution in [2.75, 3.05) is 18.8 Å². The van der Waals surface area contributed by atoms with E-state index in [1.165, 1.54) is 42.7 Å². The quantitative estimate of drug-likeness (QED) is 0.684. The van der Waals surface area contributed by atoms with Crippen LogP contribution >= 0.6 is 0 Å². The lowest BCUT2D eigenvalue weighted by atomic mass is 9.69. The van der Waals surface area contributed by atoms with Gasteiger partial charge in [0.2, 0.25) is 0 Å². The first-order valence-electron chi connectivity index (χ1n) is 10.3. The van der Waals surface area contributed by atoms with Gasteiger partial charge in [0, 0.05) is 18.3 Å². The lowest BCUT2D eigenvalue weighted by molar-refractivity contribution is 0.184. The van der Waals surface area contributed by atoms with Crippen LogP contribution in [0.2, 0.25) is 0 Å². The van der Waals surface area contributed by atoms with Gasteiger partial charge < -0.3 is 15.6 Å². The number of anilines is 1. The summed E-state index contributed by atoms with van der Waals surface area (Å²) in [4.78, 5) is 9.22. The van der Waals surface area contributed by atoms with E-state index in [-0.39, 0.29) is 5.82 Å². The second kappa shape index (κ2) is 6.95. The summed E-state index contributed by atoms with van der Waals surface area (Å²) < 4.78 is 15.4. The number of aryl methyl sites for hydroxylation is 1. The molecule has 0 atom stereocenters. The maximum absolute atomic E-state index is 13.3. The largest absolute Gasteiger partial charge is 0.383 e. The Labute approximate surface area is 169 Å². The van der Waals surface area contributed by atoms with Crippen molar-refractivity contribution in [1.82, 2.24) is 19.9 Å². The molecule has 1 aliphatic carbocycles. The monoisotopic (exact) mass is 391 g/mol. The molecule has 5 nitrogen and oxygen atoms in total. The lowest BCUT2D eigenvalue weighted by Crippen LogP contribution is -2.37. The van der Waals surface area contributed by atoms with Crippen molar-refractivity contribution in [3.05, 3.63) is 47.9 Å². The first-order valence-corrected chi connectivity index (χ1v) is 10.3. The molecule has 1 spiro atoms. The van der Waals surface area contributed by atoms with Crippen molar-refractivity contribution in [2.45, 2.75) is 32.1 Å². The molecule has 3 N–H and O–H groups in total. The number of halogens is 1. The standard InChI is InChI=1S/C23H26FN5/c1-29-19(15-6-8-23(9-7-15)10-12-26-13-11-23)14-18-20(25)27-21(28-22(18)29)16-2-4-17(24)5-3-16/h2-6,14,26H,7-13H2,1H3,(H2,25,27,28). The second-order valence-corrected chi connectivity index (χ2v) is 8.45. The molecule has 150 valence electrons. The maximum Gasteiger partial charge on any atom is 0.163 e. The molecule has 6 heteroatoms. The van der Waals surface area contributed by atoms with Crippen LogP contribution in [0.5, 0.6) is 0 Å². The Bertz CT molecular complexity index is 1090. The predicted octanol–water partition coefficient (Wildman–Crippen LogP) is 4.29. The van der Waals surface area contributed by atoms with Gasteiger partial charge in [0.05, 0.1) is 5.39 Å². The molecule has 0 bridgehead atoms. The number of nitrogens with two attached hydrogens (primary N) is 1. The Morgan fingerprint density at radius 1 is 1.10 bits per heavy atom. The van der Waals surface area contributed by atoms with Crippen LogP contribution in [0.1, 0.15) is 37.8 Å². The maximum atomic E-state index is 13.3. The van der Waals surface area contributed by atoms with Gasteiger partial charge in [-0.2, -0.15) is 0 Å². The van der Waals surface area contributed by atoms with Crippen LogP contribution in [-0.2, 0) is 7.05 Å². The molecule has 0 saturated carbocycles. The molecule has 29 heavy (non-hydrogen) atoms. The van der Waals surface area contributed by atoms with E-state index in [9.17, 15) is 4.39 Å². The number of nitrogens with one attached hydrogen (secondary N) is 1. The Kier molecular flexibility index (Phi) is 4.39. The molecule has 1 saturated heterocycles. The van der Waals surface area contributed by atoms with E-state index < -0.39 is 0 Å². The molecule has 3 heterocycles. The van der Waals surface area contributed by atoms with E-state index >= 15 is 0 Å². The average Bonchev–Trinajstić information content (AvgIpc) is 3.07. The fraction of sp³-hybridized carbons (Fsp3) is 0.391. The number of fused-ring (bicyclic) bond motifs is 1. The molecule has 5 rings (SSSR count). The summed E-state index contributed by atoms with van der Waals surface area (Å²) in [6, 6.07) is 8.31. The van der Waals surface area contributed by atoms with E-state index in [0.717, 1.165) is 42.5 Å². The van der Waals surface area contributed by atoms with Gasteiger partial charge in [0.1, 0.15) is 17.3 Å². The molecule has 1 fully saturated rings. The minimum absolute atomic E-state index is 0.278. The van der Waals surface area contributed by atoms with Crippen molar-refractivity contribution < 1.29 is 4.39 Å². The zero-order valence-corrected chi connectivity index (χ0v) is 16.7. The molecule has 0 unspecified atom stereocenters. The van der Waals surface area contributed by atoms with Gasteiger partial charge in [-0.05, 0) is 86.5 Å². The van der Waals surface area contributed by atoms with E-state index in [2.05, 4.69) is 27.0 Å². The first kappa shape index (κ1) is 18.3. The highest BCUT2D eigenvalue weighted by atomic mass is 19.1.